The number of rotatable bonds is 4. The quantitative estimate of drug-likeness (QED) is 0.840. The van der Waals surface area contributed by atoms with Gasteiger partial charge in [-0.2, -0.15) is 0 Å². The number of hydrogen-bond donors (Lipinski definition) is 1. The molecule has 7 heteroatoms. The van der Waals surface area contributed by atoms with Crippen LogP contribution in [0, 0.1) is 12.7 Å². The number of aryl methyl sites for hydroxylation is 1. The fourth-order valence-electron chi connectivity index (χ4n) is 2.28. The largest absolute Gasteiger partial charge is 0.415 e. The van der Waals surface area contributed by atoms with Gasteiger partial charge < -0.3 is 14.8 Å². The Morgan fingerprint density at radius 3 is 2.72 bits per heavy atom. The molecule has 0 fully saturated rings. The summed E-state index contributed by atoms with van der Waals surface area (Å²) in [7, 11) is 0. The molecule has 0 aromatic heterocycles. The molecule has 1 N–H and O–H groups in total. The number of carbonyl (C=O) groups excluding carboxylic acids is 2. The summed E-state index contributed by atoms with van der Waals surface area (Å²) >= 11 is 5.95. The van der Waals surface area contributed by atoms with Crippen LogP contribution < -0.4 is 5.32 Å². The van der Waals surface area contributed by atoms with Crippen molar-refractivity contribution in [3.63, 3.8) is 0 Å². The first-order valence-corrected chi connectivity index (χ1v) is 7.73. The number of halogens is 2. The number of nitrogens with one attached hydrogen (secondary N) is 1. The highest BCUT2D eigenvalue weighted by Gasteiger charge is 2.37. The zero-order valence-electron chi connectivity index (χ0n) is 13.1. The Bertz CT molecular complexity index is 881. The van der Waals surface area contributed by atoms with Crippen LogP contribution in [-0.4, -0.2) is 18.2 Å². The van der Waals surface area contributed by atoms with Gasteiger partial charge in [0.1, 0.15) is 11.5 Å². The van der Waals surface area contributed by atoms with Crippen LogP contribution in [0.15, 0.2) is 59.3 Å². The van der Waals surface area contributed by atoms with Gasteiger partial charge in [0.15, 0.2) is 5.03 Å². The third-order valence-corrected chi connectivity index (χ3v) is 3.83. The summed E-state index contributed by atoms with van der Waals surface area (Å²) in [4.78, 5) is 23.9. The number of cyclic esters (lactones) is 1. The molecule has 3 rings (SSSR count). The molecule has 1 heterocycles. The molecule has 2 aromatic rings. The Balaban J connectivity index is 1.82. The molecule has 0 aliphatic carbocycles. The molecule has 0 bridgehead atoms. The van der Waals surface area contributed by atoms with E-state index in [1.165, 1.54) is 18.2 Å². The molecular formula is C18H13ClFNO4. The van der Waals surface area contributed by atoms with Crippen molar-refractivity contribution >= 4 is 29.2 Å². The normalized spacial score (nSPS) is 16.6. The van der Waals surface area contributed by atoms with Crippen LogP contribution in [0.2, 0.25) is 0 Å². The highest BCUT2D eigenvalue weighted by Crippen LogP contribution is 2.29. The minimum atomic E-state index is -1.38. The second-order valence-corrected chi connectivity index (χ2v) is 5.72. The molecule has 0 radical (unpaired) electrons. The Labute approximate surface area is 148 Å². The van der Waals surface area contributed by atoms with E-state index < -0.39 is 24.0 Å². The number of carbonyl (C=O) groups is 2. The third-order valence-electron chi connectivity index (χ3n) is 3.47. The van der Waals surface area contributed by atoms with Gasteiger partial charge in [-0.3, -0.25) is 0 Å². The van der Waals surface area contributed by atoms with Gasteiger partial charge >= 0.3 is 11.9 Å². The Morgan fingerprint density at radius 1 is 1.24 bits per heavy atom. The summed E-state index contributed by atoms with van der Waals surface area (Å²) in [5.41, 5.74) is 1.43. The summed E-state index contributed by atoms with van der Waals surface area (Å²) in [5.74, 6) is -2.53. The van der Waals surface area contributed by atoms with Crippen molar-refractivity contribution in [3.8, 4) is 0 Å². The van der Waals surface area contributed by atoms with Crippen molar-refractivity contribution in [3.05, 3.63) is 76.2 Å². The first kappa shape index (κ1) is 17.0. The zero-order valence-corrected chi connectivity index (χ0v) is 13.8. The number of anilines is 1. The topological polar surface area (TPSA) is 64.6 Å². The monoisotopic (exact) mass is 361 g/mol. The van der Waals surface area contributed by atoms with Gasteiger partial charge in [-0.15, -0.1) is 0 Å². The van der Waals surface area contributed by atoms with E-state index in [1.54, 1.807) is 6.07 Å². The van der Waals surface area contributed by atoms with E-state index in [9.17, 15) is 14.0 Å². The third kappa shape index (κ3) is 3.64. The maximum atomic E-state index is 13.7. The van der Waals surface area contributed by atoms with Crippen molar-refractivity contribution in [1.29, 1.82) is 0 Å². The lowest BCUT2D eigenvalue weighted by Gasteiger charge is -2.16. The predicted molar refractivity (Wildman–Crippen MR) is 89.4 cm³/mol. The zero-order chi connectivity index (χ0) is 18.0. The Morgan fingerprint density at radius 2 is 2.00 bits per heavy atom. The molecule has 1 aliphatic rings. The van der Waals surface area contributed by atoms with Gasteiger partial charge in [-0.05, 0) is 36.8 Å². The van der Waals surface area contributed by atoms with Crippen molar-refractivity contribution < 1.29 is 23.5 Å². The highest BCUT2D eigenvalue weighted by molar-refractivity contribution is 6.42. The molecule has 128 valence electrons. The van der Waals surface area contributed by atoms with Gasteiger partial charge in [0.05, 0.1) is 5.56 Å². The number of ether oxygens (including phenoxy) is 2. The maximum Gasteiger partial charge on any atom is 0.355 e. The molecule has 0 saturated carbocycles. The lowest BCUT2D eigenvalue weighted by Crippen LogP contribution is -2.24. The van der Waals surface area contributed by atoms with Gasteiger partial charge in [0.25, 0.3) is 6.29 Å². The van der Waals surface area contributed by atoms with Crippen LogP contribution in [0.1, 0.15) is 15.9 Å². The molecule has 1 atom stereocenters. The van der Waals surface area contributed by atoms with E-state index in [1.807, 2.05) is 25.1 Å². The van der Waals surface area contributed by atoms with Gasteiger partial charge in [-0.25, -0.2) is 14.0 Å². The van der Waals surface area contributed by atoms with Crippen molar-refractivity contribution in [1.82, 2.24) is 0 Å². The van der Waals surface area contributed by atoms with E-state index in [-0.39, 0.29) is 16.3 Å². The van der Waals surface area contributed by atoms with Crippen molar-refractivity contribution in [2.75, 3.05) is 5.32 Å². The van der Waals surface area contributed by atoms with Gasteiger partial charge in [0, 0.05) is 5.69 Å². The second-order valence-electron chi connectivity index (χ2n) is 5.34. The van der Waals surface area contributed by atoms with Crippen LogP contribution in [0.25, 0.3) is 0 Å². The van der Waals surface area contributed by atoms with E-state index in [0.29, 0.717) is 5.69 Å². The van der Waals surface area contributed by atoms with Gasteiger partial charge in [0.2, 0.25) is 0 Å². The van der Waals surface area contributed by atoms with Crippen molar-refractivity contribution in [2.45, 2.75) is 13.2 Å². The van der Waals surface area contributed by atoms with E-state index >= 15 is 0 Å². The van der Waals surface area contributed by atoms with E-state index in [2.05, 4.69) is 5.32 Å². The average Bonchev–Trinajstić information content (AvgIpc) is 2.83. The fraction of sp³-hybridized carbons (Fsp3) is 0.111. The van der Waals surface area contributed by atoms with Crippen LogP contribution in [0.4, 0.5) is 10.1 Å². The predicted octanol–water partition coefficient (Wildman–Crippen LogP) is 3.74. The minimum Gasteiger partial charge on any atom is -0.415 e. The molecule has 0 saturated heterocycles. The molecule has 2 aromatic carbocycles. The SMILES string of the molecule is Cc1cccc(NC2=C(Cl)C(=O)O[C@@H]2OC(=O)c2ccccc2F)c1. The summed E-state index contributed by atoms with van der Waals surface area (Å²) in [5, 5.41) is 2.69. The van der Waals surface area contributed by atoms with Crippen LogP contribution in [0.5, 0.6) is 0 Å². The molecule has 0 amide bonds. The molecule has 25 heavy (non-hydrogen) atoms. The molecule has 0 spiro atoms. The number of benzene rings is 2. The minimum absolute atomic E-state index is 0.0851. The first-order valence-electron chi connectivity index (χ1n) is 7.35. The highest BCUT2D eigenvalue weighted by atomic mass is 35.5. The Hall–Kier alpha value is -2.86. The lowest BCUT2D eigenvalue weighted by atomic mass is 10.2. The van der Waals surface area contributed by atoms with Gasteiger partial charge in [-0.1, -0.05) is 35.9 Å². The van der Waals surface area contributed by atoms with E-state index in [0.717, 1.165) is 11.6 Å². The average molecular weight is 362 g/mol. The van der Waals surface area contributed by atoms with Crippen LogP contribution >= 0.6 is 11.6 Å². The smallest absolute Gasteiger partial charge is 0.355 e. The lowest BCUT2D eigenvalue weighted by molar-refractivity contribution is -0.152. The van der Waals surface area contributed by atoms with E-state index in [4.69, 9.17) is 21.1 Å². The summed E-state index contributed by atoms with van der Waals surface area (Å²) in [6, 6.07) is 12.6. The fourth-order valence-corrected chi connectivity index (χ4v) is 2.46. The van der Waals surface area contributed by atoms with Crippen LogP contribution in [-0.2, 0) is 14.3 Å². The summed E-state index contributed by atoms with van der Waals surface area (Å²) in [6.45, 7) is 1.90. The van der Waals surface area contributed by atoms with Crippen molar-refractivity contribution in [2.24, 2.45) is 0 Å². The summed E-state index contributed by atoms with van der Waals surface area (Å²) in [6.07, 6.45) is -1.38. The number of esters is 2. The standard InChI is InChI=1S/C18H13ClFNO4/c1-10-5-4-6-11(9-10)21-15-14(19)17(23)25-18(15)24-16(22)12-7-2-3-8-13(12)20/h2-9,18,21H,1H3/t18-/m0/s1. The maximum absolute atomic E-state index is 13.7. The second kappa shape index (κ2) is 6.94. The molecule has 1 aliphatic heterocycles. The first-order chi connectivity index (χ1) is 12.0. The molecule has 0 unspecified atom stereocenters. The van der Waals surface area contributed by atoms with Crippen LogP contribution in [0.3, 0.4) is 0 Å². The number of hydrogen-bond acceptors (Lipinski definition) is 5. The molecular weight excluding hydrogens is 349 g/mol. The Kier molecular flexibility index (Phi) is 4.72. The molecule has 5 nitrogen and oxygen atoms in total. The summed E-state index contributed by atoms with van der Waals surface area (Å²) < 4.78 is 23.7.